The minimum atomic E-state index is -0.494. The quantitative estimate of drug-likeness (QED) is 0.905. The molecule has 3 rings (SSSR count). The van der Waals surface area contributed by atoms with Gasteiger partial charge in [-0.2, -0.15) is 0 Å². The predicted octanol–water partition coefficient (Wildman–Crippen LogP) is 1.98. The Labute approximate surface area is 117 Å². The van der Waals surface area contributed by atoms with E-state index in [9.17, 15) is 4.79 Å². The van der Waals surface area contributed by atoms with E-state index < -0.39 is 6.10 Å². The van der Waals surface area contributed by atoms with Gasteiger partial charge in [-0.1, -0.05) is 12.1 Å². The largest absolute Gasteiger partial charge is 0.479 e. The molecule has 2 N–H and O–H groups in total. The van der Waals surface area contributed by atoms with Gasteiger partial charge in [-0.15, -0.1) is 0 Å². The number of carbonyl (C=O) groups excluding carboxylic acids is 1. The van der Waals surface area contributed by atoms with Gasteiger partial charge in [-0.25, -0.2) is 0 Å². The molecule has 1 aliphatic rings. The van der Waals surface area contributed by atoms with Crippen molar-refractivity contribution in [3.8, 4) is 5.75 Å². The van der Waals surface area contributed by atoms with E-state index >= 15 is 0 Å². The third-order valence-corrected chi connectivity index (χ3v) is 3.23. The van der Waals surface area contributed by atoms with Crippen molar-refractivity contribution in [1.82, 2.24) is 4.98 Å². The lowest BCUT2D eigenvalue weighted by Gasteiger charge is -2.32. The summed E-state index contributed by atoms with van der Waals surface area (Å²) in [7, 11) is 0. The van der Waals surface area contributed by atoms with E-state index in [2.05, 4.69) is 4.98 Å². The Balaban J connectivity index is 1.97. The smallest absolute Gasteiger partial charge is 0.268 e. The van der Waals surface area contributed by atoms with Crippen LogP contribution in [-0.2, 0) is 11.3 Å². The number of nitrogens with zero attached hydrogens (tertiary/aromatic N) is 2. The topological polar surface area (TPSA) is 68.5 Å². The molecule has 2 heterocycles. The van der Waals surface area contributed by atoms with Crippen LogP contribution in [0.15, 0.2) is 42.6 Å². The zero-order valence-corrected chi connectivity index (χ0v) is 11.1. The summed E-state index contributed by atoms with van der Waals surface area (Å²) in [5.74, 6) is 0.636. The van der Waals surface area contributed by atoms with Gasteiger partial charge in [0.2, 0.25) is 0 Å². The zero-order valence-electron chi connectivity index (χ0n) is 11.1. The van der Waals surface area contributed by atoms with Gasteiger partial charge in [0, 0.05) is 11.9 Å². The number of nitrogens with two attached hydrogens (primary N) is 1. The number of anilines is 2. The van der Waals surface area contributed by atoms with Gasteiger partial charge in [0.15, 0.2) is 6.10 Å². The van der Waals surface area contributed by atoms with E-state index in [4.69, 9.17) is 10.5 Å². The number of aromatic nitrogens is 1. The van der Waals surface area contributed by atoms with Crippen molar-refractivity contribution < 1.29 is 9.53 Å². The Morgan fingerprint density at radius 2 is 2.15 bits per heavy atom. The van der Waals surface area contributed by atoms with Crippen LogP contribution in [0.2, 0.25) is 0 Å². The normalized spacial score (nSPS) is 17.6. The molecule has 0 radical (unpaired) electrons. The van der Waals surface area contributed by atoms with Crippen LogP contribution in [0, 0.1) is 0 Å². The molecule has 102 valence electrons. The second-order valence-electron chi connectivity index (χ2n) is 4.73. The first-order chi connectivity index (χ1) is 9.65. The number of amides is 1. The van der Waals surface area contributed by atoms with E-state index in [0.717, 1.165) is 11.4 Å². The van der Waals surface area contributed by atoms with Crippen LogP contribution in [0.3, 0.4) is 0 Å². The summed E-state index contributed by atoms with van der Waals surface area (Å²) in [6.07, 6.45) is 1.15. The number of hydrogen-bond donors (Lipinski definition) is 1. The molecule has 0 spiro atoms. The van der Waals surface area contributed by atoms with E-state index in [1.54, 1.807) is 30.2 Å². The first kappa shape index (κ1) is 12.5. The van der Waals surface area contributed by atoms with Gasteiger partial charge in [0.25, 0.3) is 5.91 Å². The molecular formula is C15H15N3O2. The van der Waals surface area contributed by atoms with E-state index in [-0.39, 0.29) is 5.91 Å². The fraction of sp³-hybridized carbons (Fsp3) is 0.200. The first-order valence-corrected chi connectivity index (χ1v) is 6.42. The summed E-state index contributed by atoms with van der Waals surface area (Å²) in [5, 5.41) is 0. The zero-order chi connectivity index (χ0) is 14.1. The highest BCUT2D eigenvalue weighted by molar-refractivity contribution is 5.99. The van der Waals surface area contributed by atoms with Crippen LogP contribution in [0.5, 0.6) is 5.75 Å². The lowest BCUT2D eigenvalue weighted by atomic mass is 10.1. The maximum Gasteiger partial charge on any atom is 0.268 e. The summed E-state index contributed by atoms with van der Waals surface area (Å²) in [6.45, 7) is 2.13. The highest BCUT2D eigenvalue weighted by atomic mass is 16.5. The predicted molar refractivity (Wildman–Crippen MR) is 76.4 cm³/mol. The van der Waals surface area contributed by atoms with Crippen molar-refractivity contribution in [1.29, 1.82) is 0 Å². The molecule has 5 nitrogen and oxygen atoms in total. The Kier molecular flexibility index (Phi) is 3.02. The molecule has 1 aromatic carbocycles. The number of nitrogen functional groups attached to an aromatic ring is 1. The van der Waals surface area contributed by atoms with E-state index in [1.165, 1.54) is 0 Å². The number of carbonyl (C=O) groups is 1. The number of hydrogen-bond acceptors (Lipinski definition) is 4. The molecule has 1 amide bonds. The number of benzene rings is 1. The summed E-state index contributed by atoms with van der Waals surface area (Å²) in [6, 6.07) is 11.0. The Hall–Kier alpha value is -2.56. The molecule has 0 fully saturated rings. The second kappa shape index (κ2) is 4.85. The molecule has 1 aromatic heterocycles. The maximum atomic E-state index is 12.3. The molecular weight excluding hydrogens is 254 g/mol. The highest BCUT2D eigenvalue weighted by Crippen LogP contribution is 2.34. The van der Waals surface area contributed by atoms with Crippen molar-refractivity contribution in [3.05, 3.63) is 48.3 Å². The fourth-order valence-corrected chi connectivity index (χ4v) is 2.27. The van der Waals surface area contributed by atoms with Crippen molar-refractivity contribution in [2.45, 2.75) is 19.6 Å². The van der Waals surface area contributed by atoms with Crippen LogP contribution in [0.25, 0.3) is 0 Å². The Bertz CT molecular complexity index is 657. The molecule has 2 aromatic rings. The monoisotopic (exact) mass is 269 g/mol. The minimum Gasteiger partial charge on any atom is -0.479 e. The Morgan fingerprint density at radius 1 is 1.35 bits per heavy atom. The third kappa shape index (κ3) is 2.18. The summed E-state index contributed by atoms with van der Waals surface area (Å²) < 4.78 is 5.60. The van der Waals surface area contributed by atoms with E-state index in [0.29, 0.717) is 18.0 Å². The second-order valence-corrected chi connectivity index (χ2v) is 4.73. The molecule has 0 saturated heterocycles. The average molecular weight is 269 g/mol. The summed E-state index contributed by atoms with van der Waals surface area (Å²) in [4.78, 5) is 18.3. The van der Waals surface area contributed by atoms with Gasteiger partial charge in [-0.05, 0) is 31.2 Å². The summed E-state index contributed by atoms with van der Waals surface area (Å²) >= 11 is 0. The molecule has 1 aliphatic heterocycles. The van der Waals surface area contributed by atoms with Gasteiger partial charge in [-0.3, -0.25) is 14.7 Å². The lowest BCUT2D eigenvalue weighted by molar-refractivity contribution is -0.125. The lowest BCUT2D eigenvalue weighted by Crippen LogP contribution is -2.44. The Morgan fingerprint density at radius 3 is 2.95 bits per heavy atom. The first-order valence-electron chi connectivity index (χ1n) is 6.42. The van der Waals surface area contributed by atoms with Gasteiger partial charge >= 0.3 is 0 Å². The minimum absolute atomic E-state index is 0.0760. The molecule has 0 bridgehead atoms. The number of pyridine rings is 1. The molecule has 5 heteroatoms. The number of rotatable bonds is 2. The number of fused-ring (bicyclic) bond motifs is 1. The van der Waals surface area contributed by atoms with Gasteiger partial charge in [0.05, 0.1) is 17.9 Å². The van der Waals surface area contributed by atoms with Gasteiger partial charge in [0.1, 0.15) is 5.75 Å². The number of para-hydroxylation sites is 2. The molecule has 20 heavy (non-hydrogen) atoms. The van der Waals surface area contributed by atoms with Crippen molar-refractivity contribution in [2.24, 2.45) is 0 Å². The van der Waals surface area contributed by atoms with Crippen molar-refractivity contribution in [2.75, 3.05) is 10.6 Å². The number of ether oxygens (including phenoxy) is 1. The fourth-order valence-electron chi connectivity index (χ4n) is 2.27. The van der Waals surface area contributed by atoms with Crippen LogP contribution < -0.4 is 15.4 Å². The molecule has 1 atom stereocenters. The third-order valence-electron chi connectivity index (χ3n) is 3.23. The van der Waals surface area contributed by atoms with Crippen LogP contribution >= 0.6 is 0 Å². The van der Waals surface area contributed by atoms with E-state index in [1.807, 2.05) is 24.3 Å². The van der Waals surface area contributed by atoms with Crippen LogP contribution in [0.4, 0.5) is 11.4 Å². The van der Waals surface area contributed by atoms with Crippen LogP contribution in [0.1, 0.15) is 12.6 Å². The molecule has 1 unspecified atom stereocenters. The standard InChI is InChI=1S/C15H15N3O2/c1-10-15(19)18(9-12-8-11(16)6-7-17-12)13-4-2-3-5-14(13)20-10/h2-8,10H,9H2,1H3,(H2,16,17). The van der Waals surface area contributed by atoms with Crippen molar-refractivity contribution >= 4 is 17.3 Å². The SMILES string of the molecule is CC1Oc2ccccc2N(Cc2cc(N)ccn2)C1=O. The summed E-state index contributed by atoms with van der Waals surface area (Å²) in [5.41, 5.74) is 7.90. The molecule has 0 aliphatic carbocycles. The average Bonchev–Trinajstić information content (AvgIpc) is 2.44. The van der Waals surface area contributed by atoms with Crippen LogP contribution in [-0.4, -0.2) is 17.0 Å². The maximum absolute atomic E-state index is 12.3. The molecule has 0 saturated carbocycles. The van der Waals surface area contributed by atoms with Crippen molar-refractivity contribution in [3.63, 3.8) is 0 Å². The van der Waals surface area contributed by atoms with Gasteiger partial charge < -0.3 is 10.5 Å². The highest BCUT2D eigenvalue weighted by Gasteiger charge is 2.31.